The van der Waals surface area contributed by atoms with Crippen LogP contribution in [0.1, 0.15) is 22.7 Å². The number of nitrogens with one attached hydrogen (secondary N) is 2. The fourth-order valence-electron chi connectivity index (χ4n) is 2.45. The Hall–Kier alpha value is -2.28. The molecule has 2 aromatic rings. The van der Waals surface area contributed by atoms with Gasteiger partial charge in [-0.05, 0) is 23.8 Å². The number of hydrogen-bond donors (Lipinski definition) is 3. The molecule has 1 aliphatic heterocycles. The Balaban J connectivity index is 2.21. The van der Waals surface area contributed by atoms with E-state index >= 15 is 0 Å². The van der Waals surface area contributed by atoms with Gasteiger partial charge in [0.25, 0.3) is 0 Å². The summed E-state index contributed by atoms with van der Waals surface area (Å²) in [5, 5.41) is 2.87. The van der Waals surface area contributed by atoms with E-state index in [9.17, 15) is 4.79 Å². The molecule has 0 radical (unpaired) electrons. The second kappa shape index (κ2) is 5.25. The lowest BCUT2D eigenvalue weighted by Gasteiger charge is -2.11. The number of benzene rings is 1. The van der Waals surface area contributed by atoms with Crippen LogP contribution in [-0.4, -0.2) is 29.1 Å². The third kappa shape index (κ3) is 2.29. The number of nitrogen functional groups attached to an aromatic ring is 1. The highest BCUT2D eigenvalue weighted by Gasteiger charge is 2.35. The third-order valence-electron chi connectivity index (χ3n) is 3.35. The number of nitrogens with zero attached hydrogens (tertiary/aromatic N) is 2. The van der Waals surface area contributed by atoms with Crippen molar-refractivity contribution in [2.45, 2.75) is 5.92 Å². The van der Waals surface area contributed by atoms with Gasteiger partial charge >= 0.3 is 0 Å². The number of aromatic nitrogens is 2. The summed E-state index contributed by atoms with van der Waals surface area (Å²) in [4.78, 5) is 23.5. The van der Waals surface area contributed by atoms with Crippen molar-refractivity contribution >= 4 is 39.6 Å². The van der Waals surface area contributed by atoms with Gasteiger partial charge in [-0.15, -0.1) is 0 Å². The molecule has 0 bridgehead atoms. The van der Waals surface area contributed by atoms with E-state index in [0.717, 1.165) is 15.7 Å². The molecule has 0 spiro atoms. The van der Waals surface area contributed by atoms with E-state index in [1.807, 2.05) is 18.2 Å². The fraction of sp³-hybridized carbons (Fsp3) is 0.143. The van der Waals surface area contributed by atoms with Crippen LogP contribution in [0, 0.1) is 0 Å². The minimum absolute atomic E-state index is 0.119. The van der Waals surface area contributed by atoms with E-state index in [-0.39, 0.29) is 5.91 Å². The van der Waals surface area contributed by atoms with Crippen LogP contribution in [0.15, 0.2) is 29.0 Å². The number of carbonyl (C=O) groups excluding carboxylic acids is 1. The summed E-state index contributed by atoms with van der Waals surface area (Å²) in [6.45, 7) is 0. The van der Waals surface area contributed by atoms with Crippen LogP contribution in [-0.2, 0) is 4.79 Å². The second-order valence-electron chi connectivity index (χ2n) is 4.64. The van der Waals surface area contributed by atoms with Crippen molar-refractivity contribution < 1.29 is 9.79 Å². The molecule has 1 unspecified atom stereocenters. The minimum atomic E-state index is -0.498. The number of rotatable bonds is 2. The lowest BCUT2D eigenvalue weighted by molar-refractivity contribution is -0.413. The van der Waals surface area contributed by atoms with Crippen LogP contribution >= 0.6 is 15.9 Å². The van der Waals surface area contributed by atoms with Gasteiger partial charge in [0.15, 0.2) is 6.21 Å². The number of nitrogens with two attached hydrogens (primary N) is 1. The molecule has 0 saturated carbocycles. The predicted octanol–water partition coefficient (Wildman–Crippen LogP) is 0.0346. The first-order valence-corrected chi connectivity index (χ1v) is 7.12. The Kier molecular flexibility index (Phi) is 3.42. The van der Waals surface area contributed by atoms with Crippen LogP contribution in [0.5, 0.6) is 0 Å². The summed E-state index contributed by atoms with van der Waals surface area (Å²) in [7, 11) is 1.76. The number of anilines is 2. The van der Waals surface area contributed by atoms with E-state index in [1.165, 1.54) is 6.33 Å². The molecule has 4 N–H and O–H groups in total. The fourth-order valence-corrected chi connectivity index (χ4v) is 2.83. The molecular weight excluding hydrogens is 334 g/mol. The van der Waals surface area contributed by atoms with Gasteiger partial charge in [0.2, 0.25) is 5.91 Å². The molecule has 1 aromatic carbocycles. The maximum Gasteiger partial charge on any atom is 0.238 e. The Morgan fingerprint density at radius 2 is 2.24 bits per heavy atom. The molecule has 2 heterocycles. The van der Waals surface area contributed by atoms with Crippen molar-refractivity contribution in [2.75, 3.05) is 18.1 Å². The maximum absolute atomic E-state index is 12.3. The highest BCUT2D eigenvalue weighted by molar-refractivity contribution is 9.10. The number of hydrogen-bond acceptors (Lipinski definition) is 4. The maximum atomic E-state index is 12.3. The molecular formula is C14H13BrN5O+. The molecule has 6 nitrogen and oxygen atoms in total. The molecule has 1 amide bonds. The van der Waals surface area contributed by atoms with E-state index in [0.29, 0.717) is 17.1 Å². The molecule has 106 valence electrons. The first-order chi connectivity index (χ1) is 10.1. The Morgan fingerprint density at radius 1 is 1.43 bits per heavy atom. The molecule has 0 saturated heterocycles. The standard InChI is InChI=1S/C14H12BrN5O/c1-17-5-9-12(18-6-19-13(9)16)11-8-4-7(15)2-3-10(8)20-14(11)21/h2-6,11H,1H3,(H,20,21)(H2,16,18,19)/p+1. The van der Waals surface area contributed by atoms with Crippen molar-refractivity contribution in [1.29, 1.82) is 0 Å². The first-order valence-electron chi connectivity index (χ1n) is 6.33. The zero-order valence-corrected chi connectivity index (χ0v) is 12.8. The van der Waals surface area contributed by atoms with Crippen LogP contribution in [0.4, 0.5) is 11.5 Å². The van der Waals surface area contributed by atoms with Gasteiger partial charge in [0.05, 0.1) is 5.69 Å². The minimum Gasteiger partial charge on any atom is -0.383 e. The van der Waals surface area contributed by atoms with Crippen molar-refractivity contribution in [3.8, 4) is 0 Å². The smallest absolute Gasteiger partial charge is 0.238 e. The summed E-state index contributed by atoms with van der Waals surface area (Å²) >= 11 is 3.43. The summed E-state index contributed by atoms with van der Waals surface area (Å²) < 4.78 is 0.906. The van der Waals surface area contributed by atoms with Gasteiger partial charge in [0, 0.05) is 10.2 Å². The van der Waals surface area contributed by atoms with Gasteiger partial charge in [-0.2, -0.15) is 0 Å². The Bertz CT molecular complexity index is 759. The third-order valence-corrected chi connectivity index (χ3v) is 3.85. The summed E-state index contributed by atoms with van der Waals surface area (Å²) in [5.74, 6) is -0.278. The highest BCUT2D eigenvalue weighted by atomic mass is 79.9. The summed E-state index contributed by atoms with van der Waals surface area (Å²) in [5.41, 5.74) is 8.79. The summed E-state index contributed by atoms with van der Waals surface area (Å²) in [6, 6.07) is 5.67. The SMILES string of the molecule is C[NH+]=Cc1c(N)ncnc1C1C(=O)Nc2ccc(Br)cc21. The van der Waals surface area contributed by atoms with Gasteiger partial charge < -0.3 is 11.1 Å². The molecule has 0 fully saturated rings. The van der Waals surface area contributed by atoms with E-state index < -0.39 is 5.92 Å². The van der Waals surface area contributed by atoms with Crippen LogP contribution in [0.25, 0.3) is 0 Å². The van der Waals surface area contributed by atoms with Gasteiger partial charge in [-0.25, -0.2) is 9.97 Å². The monoisotopic (exact) mass is 346 g/mol. The molecule has 21 heavy (non-hydrogen) atoms. The van der Waals surface area contributed by atoms with Crippen LogP contribution < -0.4 is 16.0 Å². The molecule has 1 aromatic heterocycles. The normalized spacial score (nSPS) is 17.0. The first kappa shape index (κ1) is 13.7. The van der Waals surface area contributed by atoms with E-state index in [2.05, 4.69) is 36.2 Å². The predicted molar refractivity (Wildman–Crippen MR) is 83.1 cm³/mol. The van der Waals surface area contributed by atoms with Gasteiger partial charge in [0.1, 0.15) is 30.7 Å². The number of halogens is 1. The lowest BCUT2D eigenvalue weighted by atomic mass is 9.94. The molecule has 1 aliphatic rings. The van der Waals surface area contributed by atoms with Crippen LogP contribution in [0.3, 0.4) is 0 Å². The number of fused-ring (bicyclic) bond motifs is 1. The number of carbonyl (C=O) groups is 1. The second-order valence-corrected chi connectivity index (χ2v) is 5.56. The van der Waals surface area contributed by atoms with E-state index in [4.69, 9.17) is 5.73 Å². The van der Waals surface area contributed by atoms with Crippen molar-refractivity contribution in [2.24, 2.45) is 0 Å². The van der Waals surface area contributed by atoms with Crippen molar-refractivity contribution in [3.05, 3.63) is 45.8 Å². The number of amides is 1. The Labute approximate surface area is 129 Å². The van der Waals surface area contributed by atoms with E-state index in [1.54, 1.807) is 13.3 Å². The van der Waals surface area contributed by atoms with Crippen LogP contribution in [0.2, 0.25) is 0 Å². The van der Waals surface area contributed by atoms with Crippen molar-refractivity contribution in [1.82, 2.24) is 9.97 Å². The largest absolute Gasteiger partial charge is 0.383 e. The zero-order chi connectivity index (χ0) is 15.0. The van der Waals surface area contributed by atoms with Gasteiger partial charge in [-0.1, -0.05) is 15.9 Å². The quantitative estimate of drug-likeness (QED) is 0.669. The summed E-state index contributed by atoms with van der Waals surface area (Å²) in [6.07, 6.45) is 3.08. The molecule has 3 rings (SSSR count). The molecule has 1 atom stereocenters. The highest BCUT2D eigenvalue weighted by Crippen LogP contribution is 2.39. The van der Waals surface area contributed by atoms with Crippen molar-refractivity contribution in [3.63, 3.8) is 0 Å². The average Bonchev–Trinajstić information content (AvgIpc) is 2.77. The lowest BCUT2D eigenvalue weighted by Crippen LogP contribution is -2.63. The van der Waals surface area contributed by atoms with Gasteiger partial charge in [-0.3, -0.25) is 9.79 Å². The topological polar surface area (TPSA) is 94.9 Å². The Morgan fingerprint density at radius 3 is 3.00 bits per heavy atom. The average molecular weight is 347 g/mol. The zero-order valence-electron chi connectivity index (χ0n) is 11.2. The molecule has 7 heteroatoms. The molecule has 0 aliphatic carbocycles.